The van der Waals surface area contributed by atoms with Crippen LogP contribution in [0.25, 0.3) is 11.0 Å². The minimum Gasteiger partial charge on any atom is -0.496 e. The normalized spacial score (nSPS) is 11.5. The van der Waals surface area contributed by atoms with Crippen molar-refractivity contribution in [2.75, 3.05) is 12.4 Å². The summed E-state index contributed by atoms with van der Waals surface area (Å²) in [5.41, 5.74) is 2.05. The smallest absolute Gasteiger partial charge is 0.329 e. The van der Waals surface area contributed by atoms with Gasteiger partial charge in [0.25, 0.3) is 5.91 Å². The molecule has 1 heterocycles. The van der Waals surface area contributed by atoms with E-state index in [0.717, 1.165) is 5.56 Å². The molecule has 1 aromatic heterocycles. The SMILES string of the molecule is CCn1c(=O)n(CC)c2cc(S(=O)(=O)c3ccc(C)cc3)c(NC(=O)c3ccccc3OC)cc21. The van der Waals surface area contributed by atoms with E-state index in [1.807, 2.05) is 20.8 Å². The van der Waals surface area contributed by atoms with Gasteiger partial charge in [0.1, 0.15) is 5.75 Å². The van der Waals surface area contributed by atoms with Crippen molar-refractivity contribution in [3.8, 4) is 5.75 Å². The van der Waals surface area contributed by atoms with Crippen molar-refractivity contribution in [2.24, 2.45) is 0 Å². The number of amides is 1. The number of hydrogen-bond donors (Lipinski definition) is 1. The summed E-state index contributed by atoms with van der Waals surface area (Å²) in [4.78, 5) is 26.1. The fourth-order valence-electron chi connectivity index (χ4n) is 4.14. The van der Waals surface area contributed by atoms with E-state index in [9.17, 15) is 18.0 Å². The summed E-state index contributed by atoms with van der Waals surface area (Å²) < 4.78 is 35.9. The van der Waals surface area contributed by atoms with Gasteiger partial charge in [-0.1, -0.05) is 29.8 Å². The molecule has 9 heteroatoms. The van der Waals surface area contributed by atoms with Gasteiger partial charge in [0, 0.05) is 13.1 Å². The topological polar surface area (TPSA) is 99.4 Å². The fraction of sp³-hybridized carbons (Fsp3) is 0.231. The molecule has 35 heavy (non-hydrogen) atoms. The van der Waals surface area contributed by atoms with Crippen LogP contribution in [-0.2, 0) is 22.9 Å². The average molecular weight is 494 g/mol. The molecule has 0 fully saturated rings. The molecule has 1 N–H and O–H groups in total. The Balaban J connectivity index is 1.98. The van der Waals surface area contributed by atoms with E-state index in [1.54, 1.807) is 47.0 Å². The maximum absolute atomic E-state index is 13.7. The number of fused-ring (bicyclic) bond motifs is 1. The number of carbonyl (C=O) groups excluding carboxylic acids is 1. The van der Waals surface area contributed by atoms with Crippen molar-refractivity contribution in [1.82, 2.24) is 9.13 Å². The minimum absolute atomic E-state index is 0.0874. The predicted octanol–water partition coefficient (Wildman–Crippen LogP) is 4.24. The molecule has 0 unspecified atom stereocenters. The number of rotatable bonds is 7. The molecule has 0 radical (unpaired) electrons. The Morgan fingerprint density at radius 3 is 2.14 bits per heavy atom. The molecule has 182 valence electrons. The lowest BCUT2D eigenvalue weighted by Gasteiger charge is -2.15. The van der Waals surface area contributed by atoms with E-state index in [0.29, 0.717) is 29.9 Å². The molecule has 0 bridgehead atoms. The first kappa shape index (κ1) is 24.3. The van der Waals surface area contributed by atoms with E-state index in [2.05, 4.69) is 5.32 Å². The second-order valence-electron chi connectivity index (χ2n) is 8.08. The number of aromatic nitrogens is 2. The van der Waals surface area contributed by atoms with Gasteiger partial charge in [-0.05, 0) is 57.2 Å². The summed E-state index contributed by atoms with van der Waals surface area (Å²) >= 11 is 0. The van der Waals surface area contributed by atoms with Crippen LogP contribution in [0.1, 0.15) is 29.8 Å². The van der Waals surface area contributed by atoms with Crippen LogP contribution in [0, 0.1) is 6.92 Å². The number of aryl methyl sites for hydroxylation is 3. The van der Waals surface area contributed by atoms with Gasteiger partial charge in [-0.2, -0.15) is 0 Å². The molecule has 0 spiro atoms. The Labute approximate surface area is 203 Å². The summed E-state index contributed by atoms with van der Waals surface area (Å²) in [6.07, 6.45) is 0. The maximum Gasteiger partial charge on any atom is 0.329 e. The van der Waals surface area contributed by atoms with Gasteiger partial charge in [-0.15, -0.1) is 0 Å². The zero-order valence-corrected chi connectivity index (χ0v) is 20.8. The molecule has 4 rings (SSSR count). The molecule has 0 saturated heterocycles. The molecule has 0 aliphatic heterocycles. The van der Waals surface area contributed by atoms with Gasteiger partial charge in [0.2, 0.25) is 9.84 Å². The van der Waals surface area contributed by atoms with Crippen molar-refractivity contribution in [3.05, 3.63) is 82.3 Å². The zero-order chi connectivity index (χ0) is 25.3. The van der Waals surface area contributed by atoms with E-state index in [4.69, 9.17) is 4.74 Å². The Kier molecular flexibility index (Phi) is 6.53. The summed E-state index contributed by atoms with van der Waals surface area (Å²) in [6.45, 7) is 6.30. The van der Waals surface area contributed by atoms with Gasteiger partial charge < -0.3 is 10.1 Å². The van der Waals surface area contributed by atoms with Crippen LogP contribution in [0.15, 0.2) is 75.2 Å². The predicted molar refractivity (Wildman–Crippen MR) is 135 cm³/mol. The summed E-state index contributed by atoms with van der Waals surface area (Å²) in [7, 11) is -2.57. The molecule has 0 aliphatic rings. The van der Waals surface area contributed by atoms with E-state index in [1.165, 1.54) is 29.9 Å². The maximum atomic E-state index is 13.7. The number of methoxy groups -OCH3 is 1. The van der Waals surface area contributed by atoms with Gasteiger partial charge in [0.15, 0.2) is 0 Å². The zero-order valence-electron chi connectivity index (χ0n) is 20.0. The Morgan fingerprint density at radius 1 is 0.943 bits per heavy atom. The second-order valence-corrected chi connectivity index (χ2v) is 10.00. The number of para-hydroxylation sites is 1. The van der Waals surface area contributed by atoms with Crippen molar-refractivity contribution in [3.63, 3.8) is 0 Å². The lowest BCUT2D eigenvalue weighted by molar-refractivity contribution is 0.102. The molecule has 8 nitrogen and oxygen atoms in total. The largest absolute Gasteiger partial charge is 0.496 e. The van der Waals surface area contributed by atoms with E-state index >= 15 is 0 Å². The summed E-state index contributed by atoms with van der Waals surface area (Å²) in [5, 5.41) is 2.76. The van der Waals surface area contributed by atoms with Crippen LogP contribution in [0.5, 0.6) is 5.75 Å². The Morgan fingerprint density at radius 2 is 1.54 bits per heavy atom. The highest BCUT2D eigenvalue weighted by Crippen LogP contribution is 2.33. The molecule has 0 atom stereocenters. The monoisotopic (exact) mass is 493 g/mol. The van der Waals surface area contributed by atoms with Crippen LogP contribution in [-0.4, -0.2) is 30.6 Å². The molecule has 3 aromatic carbocycles. The van der Waals surface area contributed by atoms with Gasteiger partial charge >= 0.3 is 5.69 Å². The Hall–Kier alpha value is -3.85. The number of carbonyl (C=O) groups is 1. The van der Waals surface area contributed by atoms with Gasteiger partial charge in [-0.3, -0.25) is 13.9 Å². The lowest BCUT2D eigenvalue weighted by Crippen LogP contribution is -2.23. The minimum atomic E-state index is -4.03. The molecule has 1 amide bonds. The Bertz CT molecular complexity index is 1580. The molecular weight excluding hydrogens is 466 g/mol. The van der Waals surface area contributed by atoms with Gasteiger partial charge in [0.05, 0.1) is 39.2 Å². The summed E-state index contributed by atoms with van der Waals surface area (Å²) in [6, 6.07) is 16.2. The highest BCUT2D eigenvalue weighted by molar-refractivity contribution is 7.91. The standard InChI is InChI=1S/C26H27N3O5S/c1-5-28-21-15-20(27-25(30)19-9-7-8-10-23(19)34-4)24(16-22(21)29(6-2)26(28)31)35(32,33)18-13-11-17(3)12-14-18/h7-16H,5-6H2,1-4H3,(H,27,30). The van der Waals surface area contributed by atoms with Crippen LogP contribution >= 0.6 is 0 Å². The summed E-state index contributed by atoms with van der Waals surface area (Å²) in [5.74, 6) is -0.168. The average Bonchev–Trinajstić information content (AvgIpc) is 3.12. The van der Waals surface area contributed by atoms with E-state index < -0.39 is 15.7 Å². The fourth-order valence-corrected chi connectivity index (χ4v) is 5.55. The number of benzene rings is 3. The second kappa shape index (κ2) is 9.42. The van der Waals surface area contributed by atoms with Crippen molar-refractivity contribution in [1.29, 1.82) is 0 Å². The third-order valence-electron chi connectivity index (χ3n) is 5.97. The van der Waals surface area contributed by atoms with Crippen LogP contribution in [0.3, 0.4) is 0 Å². The number of ether oxygens (including phenoxy) is 1. The third-order valence-corrected chi connectivity index (χ3v) is 7.78. The molecule has 0 saturated carbocycles. The number of anilines is 1. The number of sulfone groups is 1. The van der Waals surface area contributed by atoms with Gasteiger partial charge in [-0.25, -0.2) is 13.2 Å². The van der Waals surface area contributed by atoms with Crippen LogP contribution in [0.4, 0.5) is 5.69 Å². The first-order valence-corrected chi connectivity index (χ1v) is 12.7. The number of nitrogens with one attached hydrogen (secondary N) is 1. The van der Waals surface area contributed by atoms with Crippen molar-refractivity contribution >= 4 is 32.5 Å². The van der Waals surface area contributed by atoms with Crippen LogP contribution < -0.4 is 15.7 Å². The highest BCUT2D eigenvalue weighted by atomic mass is 32.2. The van der Waals surface area contributed by atoms with Crippen molar-refractivity contribution in [2.45, 2.75) is 43.7 Å². The quantitative estimate of drug-likeness (QED) is 0.415. The molecule has 0 aliphatic carbocycles. The number of nitrogens with zero attached hydrogens (tertiary/aromatic N) is 2. The molecule has 4 aromatic rings. The van der Waals surface area contributed by atoms with Crippen molar-refractivity contribution < 1.29 is 17.9 Å². The van der Waals surface area contributed by atoms with Crippen LogP contribution in [0.2, 0.25) is 0 Å². The first-order chi connectivity index (χ1) is 16.7. The van der Waals surface area contributed by atoms with E-state index in [-0.39, 0.29) is 26.7 Å². The first-order valence-electron chi connectivity index (χ1n) is 11.3. The number of hydrogen-bond acceptors (Lipinski definition) is 5. The lowest BCUT2D eigenvalue weighted by atomic mass is 10.1. The third kappa shape index (κ3) is 4.23. The molecular formula is C26H27N3O5S. The number of imidazole rings is 1. The highest BCUT2D eigenvalue weighted by Gasteiger charge is 2.26.